The average Bonchev–Trinajstić information content (AvgIpc) is 3.55. The zero-order valence-electron chi connectivity index (χ0n) is 18.9. The van der Waals surface area contributed by atoms with Gasteiger partial charge in [0.25, 0.3) is 0 Å². The molecule has 1 fully saturated rings. The van der Waals surface area contributed by atoms with E-state index in [0.717, 1.165) is 18.4 Å². The van der Waals surface area contributed by atoms with Gasteiger partial charge in [-0.25, -0.2) is 9.18 Å². The number of carbonyl (C=O) groups excluding carboxylic acids is 2. The van der Waals surface area contributed by atoms with Gasteiger partial charge in [-0.15, -0.1) is 0 Å². The lowest BCUT2D eigenvalue weighted by Crippen LogP contribution is -2.46. The summed E-state index contributed by atoms with van der Waals surface area (Å²) in [7, 11) is 0. The number of urea groups is 1. The summed E-state index contributed by atoms with van der Waals surface area (Å²) in [6, 6.07) is 18.3. The quantitative estimate of drug-likeness (QED) is 0.499. The van der Waals surface area contributed by atoms with Gasteiger partial charge in [-0.05, 0) is 54.8 Å². The van der Waals surface area contributed by atoms with Crippen molar-refractivity contribution in [3.05, 3.63) is 90.1 Å². The van der Waals surface area contributed by atoms with Crippen LogP contribution in [0.25, 0.3) is 0 Å². The number of furan rings is 1. The topological polar surface area (TPSA) is 75.0 Å². The SMILES string of the molecule is O=C(CN(CC1CCCO1)C(=O)Nc1ccccc1)N(Cc1ccc(F)cc1)Cc1ccco1. The van der Waals surface area contributed by atoms with E-state index in [1.54, 1.807) is 47.6 Å². The fourth-order valence-electron chi connectivity index (χ4n) is 3.87. The van der Waals surface area contributed by atoms with E-state index in [1.807, 2.05) is 18.2 Å². The van der Waals surface area contributed by atoms with Crippen LogP contribution in [0.3, 0.4) is 0 Å². The van der Waals surface area contributed by atoms with Crippen molar-refractivity contribution in [2.45, 2.75) is 32.0 Å². The molecule has 0 radical (unpaired) electrons. The second-order valence-electron chi connectivity index (χ2n) is 8.27. The van der Waals surface area contributed by atoms with Crippen LogP contribution in [0, 0.1) is 5.82 Å². The van der Waals surface area contributed by atoms with Gasteiger partial charge in [0.1, 0.15) is 18.1 Å². The average molecular weight is 466 g/mol. The lowest BCUT2D eigenvalue weighted by atomic mass is 10.2. The Balaban J connectivity index is 1.50. The molecule has 1 saturated heterocycles. The number of hydrogen-bond acceptors (Lipinski definition) is 4. The molecule has 1 N–H and O–H groups in total. The molecule has 0 spiro atoms. The molecule has 4 rings (SSSR count). The molecule has 1 aromatic heterocycles. The molecular formula is C26H28FN3O4. The molecule has 178 valence electrons. The molecule has 0 bridgehead atoms. The lowest BCUT2D eigenvalue weighted by molar-refractivity contribution is -0.133. The van der Waals surface area contributed by atoms with Gasteiger partial charge in [0.05, 0.1) is 18.9 Å². The Hall–Kier alpha value is -3.65. The number of anilines is 1. The molecule has 1 aliphatic rings. The maximum atomic E-state index is 13.4. The number of nitrogens with one attached hydrogen (secondary N) is 1. The van der Waals surface area contributed by atoms with Crippen LogP contribution in [0.5, 0.6) is 0 Å². The number of para-hydroxylation sites is 1. The van der Waals surface area contributed by atoms with Gasteiger partial charge in [0.15, 0.2) is 0 Å². The first-order chi connectivity index (χ1) is 16.6. The Labute approximate surface area is 198 Å². The summed E-state index contributed by atoms with van der Waals surface area (Å²) in [6.07, 6.45) is 3.22. The largest absolute Gasteiger partial charge is 0.467 e. The minimum Gasteiger partial charge on any atom is -0.467 e. The van der Waals surface area contributed by atoms with Crippen LogP contribution < -0.4 is 5.32 Å². The molecular weight excluding hydrogens is 437 g/mol. The van der Waals surface area contributed by atoms with Crippen molar-refractivity contribution in [3.8, 4) is 0 Å². The first-order valence-electron chi connectivity index (χ1n) is 11.3. The summed E-state index contributed by atoms with van der Waals surface area (Å²) in [5.41, 5.74) is 1.43. The van der Waals surface area contributed by atoms with Crippen molar-refractivity contribution in [1.82, 2.24) is 9.80 Å². The highest BCUT2D eigenvalue weighted by Gasteiger charge is 2.27. The van der Waals surface area contributed by atoms with Crippen LogP contribution in [-0.4, -0.2) is 47.5 Å². The summed E-state index contributed by atoms with van der Waals surface area (Å²) in [5.74, 6) is 0.0322. The van der Waals surface area contributed by atoms with Crippen LogP contribution >= 0.6 is 0 Å². The maximum Gasteiger partial charge on any atom is 0.322 e. The number of rotatable bonds is 9. The molecule has 3 aromatic rings. The molecule has 34 heavy (non-hydrogen) atoms. The first kappa shape index (κ1) is 23.5. The fourth-order valence-corrected chi connectivity index (χ4v) is 3.87. The molecule has 0 saturated carbocycles. The van der Waals surface area contributed by atoms with E-state index >= 15 is 0 Å². The van der Waals surface area contributed by atoms with E-state index in [9.17, 15) is 14.0 Å². The van der Waals surface area contributed by atoms with Crippen molar-refractivity contribution in [1.29, 1.82) is 0 Å². The second-order valence-corrected chi connectivity index (χ2v) is 8.27. The summed E-state index contributed by atoms with van der Waals surface area (Å²) >= 11 is 0. The van der Waals surface area contributed by atoms with E-state index in [-0.39, 0.29) is 43.5 Å². The normalized spacial score (nSPS) is 15.1. The van der Waals surface area contributed by atoms with Crippen molar-refractivity contribution in [2.24, 2.45) is 0 Å². The summed E-state index contributed by atoms with van der Waals surface area (Å²) < 4.78 is 24.5. The number of carbonyl (C=O) groups is 2. The highest BCUT2D eigenvalue weighted by Crippen LogP contribution is 2.17. The molecule has 1 atom stereocenters. The van der Waals surface area contributed by atoms with Gasteiger partial charge in [-0.3, -0.25) is 4.79 Å². The highest BCUT2D eigenvalue weighted by molar-refractivity contribution is 5.92. The molecule has 2 heterocycles. The minimum absolute atomic E-state index is 0.107. The Morgan fingerprint density at radius 2 is 1.76 bits per heavy atom. The van der Waals surface area contributed by atoms with Gasteiger partial charge in [-0.2, -0.15) is 0 Å². The van der Waals surface area contributed by atoms with Gasteiger partial charge >= 0.3 is 6.03 Å². The van der Waals surface area contributed by atoms with Crippen molar-refractivity contribution in [3.63, 3.8) is 0 Å². The number of ether oxygens (including phenoxy) is 1. The highest BCUT2D eigenvalue weighted by atomic mass is 19.1. The maximum absolute atomic E-state index is 13.4. The van der Waals surface area contributed by atoms with Crippen LogP contribution in [0.1, 0.15) is 24.2 Å². The number of nitrogens with zero attached hydrogens (tertiary/aromatic N) is 2. The Kier molecular flexibility index (Phi) is 7.93. The van der Waals surface area contributed by atoms with E-state index in [4.69, 9.17) is 9.15 Å². The van der Waals surface area contributed by atoms with Crippen LogP contribution in [0.4, 0.5) is 14.9 Å². The lowest BCUT2D eigenvalue weighted by Gasteiger charge is -2.29. The van der Waals surface area contributed by atoms with E-state index < -0.39 is 0 Å². The van der Waals surface area contributed by atoms with Crippen LogP contribution in [0.2, 0.25) is 0 Å². The number of hydrogen-bond donors (Lipinski definition) is 1. The third-order valence-electron chi connectivity index (χ3n) is 5.65. The van der Waals surface area contributed by atoms with Crippen molar-refractivity contribution >= 4 is 17.6 Å². The summed E-state index contributed by atoms with van der Waals surface area (Å²) in [4.78, 5) is 29.6. The molecule has 3 amide bonds. The van der Waals surface area contributed by atoms with Gasteiger partial charge in [0, 0.05) is 25.4 Å². The third kappa shape index (κ3) is 6.68. The smallest absolute Gasteiger partial charge is 0.322 e. The standard InChI is InChI=1S/C26H28FN3O4/c27-21-12-10-20(11-13-21)16-29(17-23-8-4-14-33-23)25(31)19-30(18-24-9-5-15-34-24)26(32)28-22-6-2-1-3-7-22/h1-4,6-8,10-14,24H,5,9,15-19H2,(H,28,32). The van der Waals surface area contributed by atoms with Crippen molar-refractivity contribution in [2.75, 3.05) is 25.0 Å². The predicted molar refractivity (Wildman–Crippen MR) is 125 cm³/mol. The van der Waals surface area contributed by atoms with Gasteiger partial charge < -0.3 is 24.3 Å². The molecule has 2 aromatic carbocycles. The molecule has 0 aliphatic carbocycles. The zero-order valence-corrected chi connectivity index (χ0v) is 18.9. The Bertz CT molecular complexity index is 1050. The summed E-state index contributed by atoms with van der Waals surface area (Å²) in [5, 5.41) is 2.86. The molecule has 8 heteroatoms. The van der Waals surface area contributed by atoms with Crippen LogP contribution in [0.15, 0.2) is 77.4 Å². The molecule has 1 unspecified atom stereocenters. The van der Waals surface area contributed by atoms with Gasteiger partial charge in [-0.1, -0.05) is 30.3 Å². The number of benzene rings is 2. The van der Waals surface area contributed by atoms with Crippen LogP contribution in [-0.2, 0) is 22.6 Å². The Morgan fingerprint density at radius 1 is 0.971 bits per heavy atom. The van der Waals surface area contributed by atoms with E-state index in [0.29, 0.717) is 24.6 Å². The second kappa shape index (κ2) is 11.5. The monoisotopic (exact) mass is 465 g/mol. The third-order valence-corrected chi connectivity index (χ3v) is 5.65. The fraction of sp³-hybridized carbons (Fsp3) is 0.308. The predicted octanol–water partition coefficient (Wildman–Crippen LogP) is 4.66. The summed E-state index contributed by atoms with van der Waals surface area (Å²) in [6.45, 7) is 1.34. The number of amides is 3. The zero-order chi connectivity index (χ0) is 23.8. The van der Waals surface area contributed by atoms with E-state index in [2.05, 4.69) is 5.32 Å². The minimum atomic E-state index is -0.366. The van der Waals surface area contributed by atoms with Gasteiger partial charge in [0.2, 0.25) is 5.91 Å². The van der Waals surface area contributed by atoms with E-state index in [1.165, 1.54) is 17.0 Å². The molecule has 1 aliphatic heterocycles. The van der Waals surface area contributed by atoms with Crippen molar-refractivity contribution < 1.29 is 23.1 Å². The molecule has 7 nitrogen and oxygen atoms in total. The Morgan fingerprint density at radius 3 is 2.44 bits per heavy atom. The first-order valence-corrected chi connectivity index (χ1v) is 11.3. The number of halogens is 1.